The average molecular weight is 425 g/mol. The van der Waals surface area contributed by atoms with E-state index in [0.29, 0.717) is 15.1 Å². The Labute approximate surface area is 170 Å². The van der Waals surface area contributed by atoms with E-state index in [0.717, 1.165) is 0 Å². The maximum atomic E-state index is 13.3. The molecular formula is C21H18N3O3S2+. The molecule has 6 nitrogen and oxygen atoms in total. The fourth-order valence-electron chi connectivity index (χ4n) is 2.78. The van der Waals surface area contributed by atoms with Crippen molar-refractivity contribution in [2.24, 2.45) is 0 Å². The molecule has 0 atom stereocenters. The second-order valence-electron chi connectivity index (χ2n) is 5.95. The Balaban J connectivity index is 2.01. The van der Waals surface area contributed by atoms with Crippen LogP contribution in [0.5, 0.6) is 0 Å². The zero-order valence-corrected chi connectivity index (χ0v) is 16.9. The molecule has 4 aromatic rings. The number of nitrogens with zero attached hydrogens (tertiary/aromatic N) is 3. The Bertz CT molecular complexity index is 1080. The van der Waals surface area contributed by atoms with Gasteiger partial charge in [0.15, 0.2) is 15.1 Å². The lowest BCUT2D eigenvalue weighted by Crippen LogP contribution is -2.20. The summed E-state index contributed by atoms with van der Waals surface area (Å²) in [6.07, 6.45) is 4.86. The van der Waals surface area contributed by atoms with Gasteiger partial charge in [-0.1, -0.05) is 36.4 Å². The van der Waals surface area contributed by atoms with Gasteiger partial charge in [0.05, 0.1) is 0 Å². The molecule has 0 amide bonds. The van der Waals surface area contributed by atoms with Gasteiger partial charge in [0.1, 0.15) is 15.2 Å². The Morgan fingerprint density at radius 2 is 0.966 bits per heavy atom. The Morgan fingerprint density at radius 3 is 1.34 bits per heavy atom. The van der Waals surface area contributed by atoms with Crippen molar-refractivity contribution in [3.05, 3.63) is 104 Å². The molecule has 3 heterocycles. The number of hydrogen-bond acceptors (Lipinski definition) is 5. The summed E-state index contributed by atoms with van der Waals surface area (Å²) >= 11 is 0. The van der Waals surface area contributed by atoms with Crippen LogP contribution in [-0.2, 0) is 10.1 Å². The van der Waals surface area contributed by atoms with Crippen molar-refractivity contribution < 1.29 is 12.0 Å². The first-order valence-corrected chi connectivity index (χ1v) is 11.8. The third-order valence-electron chi connectivity index (χ3n) is 4.07. The molecule has 4 rings (SSSR count). The fraction of sp³-hybridized carbons (Fsp3) is 0. The van der Waals surface area contributed by atoms with Crippen molar-refractivity contribution in [3.63, 3.8) is 0 Å². The van der Waals surface area contributed by atoms with E-state index in [1.54, 1.807) is 91.4 Å². The van der Waals surface area contributed by atoms with Gasteiger partial charge in [-0.25, -0.2) is 15.0 Å². The molecule has 3 aromatic heterocycles. The van der Waals surface area contributed by atoms with Crippen LogP contribution in [0.2, 0.25) is 0 Å². The smallest absolute Gasteiger partial charge is 0.255 e. The lowest BCUT2D eigenvalue weighted by molar-refractivity contribution is 0.383. The molecular weight excluding hydrogens is 406 g/mol. The van der Waals surface area contributed by atoms with Crippen LogP contribution in [0.3, 0.4) is 0 Å². The number of benzene rings is 1. The molecule has 8 heteroatoms. The van der Waals surface area contributed by atoms with Crippen LogP contribution in [0.15, 0.2) is 123 Å². The lowest BCUT2D eigenvalue weighted by Gasteiger charge is -2.31. The minimum Gasteiger partial charge on any atom is -0.255 e. The van der Waals surface area contributed by atoms with Crippen molar-refractivity contribution >= 4 is 20.4 Å². The summed E-state index contributed by atoms with van der Waals surface area (Å²) in [5, 5.41) is 1.49. The number of hydrogen-bond donors (Lipinski definition) is 0. The molecule has 0 spiro atoms. The molecule has 0 unspecified atom stereocenters. The van der Waals surface area contributed by atoms with E-state index in [9.17, 15) is 8.42 Å². The maximum Gasteiger partial charge on any atom is 0.422 e. The zero-order chi connectivity index (χ0) is 20.2. The van der Waals surface area contributed by atoms with Crippen molar-refractivity contribution in [2.45, 2.75) is 20.0 Å². The third-order valence-corrected chi connectivity index (χ3v) is 9.16. The maximum absolute atomic E-state index is 13.3. The van der Waals surface area contributed by atoms with Crippen molar-refractivity contribution in [3.8, 4) is 0 Å². The van der Waals surface area contributed by atoms with Crippen LogP contribution in [0.1, 0.15) is 0 Å². The van der Waals surface area contributed by atoms with E-state index in [2.05, 4.69) is 18.6 Å². The van der Waals surface area contributed by atoms with E-state index < -0.39 is 20.4 Å². The van der Waals surface area contributed by atoms with Crippen molar-refractivity contribution in [1.82, 2.24) is 15.0 Å². The molecule has 0 saturated heterocycles. The number of pyridine rings is 3. The molecule has 0 bridgehead atoms. The summed E-state index contributed by atoms with van der Waals surface area (Å²) in [5.74, 6) is 0. The minimum absolute atomic E-state index is 0.111. The van der Waals surface area contributed by atoms with Crippen LogP contribution >= 0.6 is 10.3 Å². The highest BCUT2D eigenvalue weighted by Gasteiger charge is 2.46. The molecule has 0 aliphatic carbocycles. The molecule has 0 saturated carbocycles. The predicted molar refractivity (Wildman–Crippen MR) is 111 cm³/mol. The van der Waals surface area contributed by atoms with Gasteiger partial charge < -0.3 is 0 Å². The highest BCUT2D eigenvalue weighted by Crippen LogP contribution is 2.66. The van der Waals surface area contributed by atoms with E-state index >= 15 is 0 Å². The molecule has 29 heavy (non-hydrogen) atoms. The highest BCUT2D eigenvalue weighted by atomic mass is 32.3. The van der Waals surface area contributed by atoms with Crippen LogP contribution in [-0.4, -0.2) is 27.0 Å². The highest BCUT2D eigenvalue weighted by molar-refractivity contribution is 8.32. The summed E-state index contributed by atoms with van der Waals surface area (Å²) in [4.78, 5) is 13.6. The van der Waals surface area contributed by atoms with E-state index in [1.807, 2.05) is 0 Å². The van der Waals surface area contributed by atoms with Gasteiger partial charge in [-0.3, -0.25) is 3.63 Å². The predicted octanol–water partition coefficient (Wildman–Crippen LogP) is 4.55. The molecule has 0 aliphatic heterocycles. The Hall–Kier alpha value is -3.07. The van der Waals surface area contributed by atoms with E-state index in [-0.39, 0.29) is 4.90 Å². The average Bonchev–Trinajstić information content (AvgIpc) is 2.80. The molecule has 146 valence electrons. The van der Waals surface area contributed by atoms with Crippen LogP contribution in [0, 0.1) is 0 Å². The lowest BCUT2D eigenvalue weighted by atomic mass is 10.4. The zero-order valence-electron chi connectivity index (χ0n) is 15.2. The van der Waals surface area contributed by atoms with Gasteiger partial charge >= 0.3 is 10.1 Å². The topological polar surface area (TPSA) is 85.6 Å². The summed E-state index contributed by atoms with van der Waals surface area (Å²) in [5.41, 5.74) is 0. The van der Waals surface area contributed by atoms with Crippen LogP contribution in [0.4, 0.5) is 0 Å². The molecule has 1 aromatic carbocycles. The van der Waals surface area contributed by atoms with Crippen LogP contribution < -0.4 is 0 Å². The van der Waals surface area contributed by atoms with Crippen molar-refractivity contribution in [2.75, 3.05) is 0 Å². The van der Waals surface area contributed by atoms with Crippen molar-refractivity contribution in [1.29, 1.82) is 0 Å². The summed E-state index contributed by atoms with van der Waals surface area (Å²) in [6.45, 7) is 0. The normalized spacial score (nSPS) is 12.4. The third kappa shape index (κ3) is 3.77. The largest absolute Gasteiger partial charge is 0.422 e. The second kappa shape index (κ2) is 8.12. The quantitative estimate of drug-likeness (QED) is 0.335. The fourth-order valence-corrected chi connectivity index (χ4v) is 7.83. The Kier molecular flexibility index (Phi) is 5.39. The summed E-state index contributed by atoms with van der Waals surface area (Å²) < 4.78 is 31.2. The first-order valence-electron chi connectivity index (χ1n) is 8.74. The number of aromatic nitrogens is 3. The first-order chi connectivity index (χ1) is 14.1. The molecule has 0 aliphatic rings. The van der Waals surface area contributed by atoms with Gasteiger partial charge in [0.25, 0.3) is 0 Å². The van der Waals surface area contributed by atoms with Crippen LogP contribution in [0.25, 0.3) is 0 Å². The standard InChI is InChI=1S/C21H17N3O3S2/c25-29(26,18-10-2-1-3-11-18)27-28(19-12-4-7-15-22-19,20-13-5-8-16-23-20)21-14-6-9-17-24-21/h1-17H/p+1. The van der Waals surface area contributed by atoms with E-state index in [4.69, 9.17) is 0 Å². The summed E-state index contributed by atoms with van der Waals surface area (Å²) in [7, 11) is -6.76. The number of rotatable bonds is 6. The summed E-state index contributed by atoms with van der Waals surface area (Å²) in [6, 6.07) is 24.2. The first kappa shape index (κ1) is 19.3. The van der Waals surface area contributed by atoms with Gasteiger partial charge in [-0.15, -0.1) is 8.42 Å². The van der Waals surface area contributed by atoms with Gasteiger partial charge in [-0.05, 0) is 48.5 Å². The van der Waals surface area contributed by atoms with Gasteiger partial charge in [-0.2, -0.15) is 0 Å². The van der Waals surface area contributed by atoms with E-state index in [1.165, 1.54) is 12.1 Å². The SMILES string of the molecule is O=S(=O)([OH+]S(c1ccccn1)(c1ccccn1)c1ccccn1)c1ccccc1. The minimum atomic E-state index is -4.02. The van der Waals surface area contributed by atoms with Gasteiger partial charge in [0, 0.05) is 18.6 Å². The van der Waals surface area contributed by atoms with Gasteiger partial charge in [0.2, 0.25) is 0 Å². The Morgan fingerprint density at radius 1 is 0.552 bits per heavy atom. The molecule has 0 radical (unpaired) electrons. The molecule has 0 fully saturated rings. The molecule has 1 N–H and O–H groups in total. The monoisotopic (exact) mass is 424 g/mol. The second-order valence-corrected chi connectivity index (χ2v) is 10.4.